The van der Waals surface area contributed by atoms with Gasteiger partial charge in [0.2, 0.25) is 0 Å². The summed E-state index contributed by atoms with van der Waals surface area (Å²) in [6, 6.07) is 14.6. The summed E-state index contributed by atoms with van der Waals surface area (Å²) in [7, 11) is 0. The van der Waals surface area contributed by atoms with Crippen LogP contribution in [-0.2, 0) is 25.7 Å². The van der Waals surface area contributed by atoms with Gasteiger partial charge in [0, 0.05) is 0 Å². The number of nitrogens with zero attached hydrogens (tertiary/aromatic N) is 1. The summed E-state index contributed by atoms with van der Waals surface area (Å²) in [6.45, 7) is 2.73. The first-order valence-electron chi connectivity index (χ1n) is 10.0. The maximum absolute atomic E-state index is 14.5. The van der Waals surface area contributed by atoms with Crippen molar-refractivity contribution in [1.82, 2.24) is 0 Å². The van der Waals surface area contributed by atoms with E-state index in [0.29, 0.717) is 24.8 Å². The van der Waals surface area contributed by atoms with Gasteiger partial charge >= 0.3 is 192 Å². The number of nitrogens with one attached hydrogen (secondary N) is 1. The van der Waals surface area contributed by atoms with Gasteiger partial charge in [0.1, 0.15) is 0 Å². The third kappa shape index (κ3) is 7.19. The zero-order valence-electron chi connectivity index (χ0n) is 17.3. The number of carbonyl (C=O) groups is 2. The van der Waals surface area contributed by atoms with Crippen LogP contribution >= 0.6 is 0 Å². The molecule has 1 aliphatic heterocycles. The number of hydrogen-bond donors (Lipinski definition) is 1. The van der Waals surface area contributed by atoms with Gasteiger partial charge in [-0.1, -0.05) is 0 Å². The van der Waals surface area contributed by atoms with Crippen LogP contribution in [0.1, 0.15) is 36.8 Å². The summed E-state index contributed by atoms with van der Waals surface area (Å²) in [4.78, 5) is 24.2. The molecule has 31 heavy (non-hydrogen) atoms. The first-order valence-corrected chi connectivity index (χ1v) is 12.1. The van der Waals surface area contributed by atoms with Gasteiger partial charge in [0.05, 0.1) is 0 Å². The minimum absolute atomic E-state index is 0.146. The van der Waals surface area contributed by atoms with E-state index in [4.69, 9.17) is 9.47 Å². The molecule has 0 aromatic heterocycles. The molecule has 3 rings (SSSR count). The van der Waals surface area contributed by atoms with Crippen molar-refractivity contribution in [2.45, 2.75) is 32.3 Å². The van der Waals surface area contributed by atoms with Gasteiger partial charge in [-0.3, -0.25) is 0 Å². The number of ether oxygens (including phenoxy) is 2. The summed E-state index contributed by atoms with van der Waals surface area (Å²) < 4.78 is 32.4. The molecule has 0 radical (unpaired) electrons. The molecular formula is C23H25FIN2O4-. The Morgan fingerprint density at radius 3 is 2.61 bits per heavy atom. The molecule has 1 heterocycles. The normalized spacial score (nSPS) is 15.1. The number of ketones is 2. The third-order valence-corrected chi connectivity index (χ3v) is 6.44. The van der Waals surface area contributed by atoms with Crippen LogP contribution in [0.25, 0.3) is 0 Å². The van der Waals surface area contributed by atoms with E-state index in [2.05, 4.69) is 6.74 Å². The second-order valence-electron chi connectivity index (χ2n) is 7.20. The van der Waals surface area contributed by atoms with E-state index in [1.807, 2.05) is 36.4 Å². The number of halogens is 2. The predicted octanol–water partition coefficient (Wildman–Crippen LogP) is 0.867. The average Bonchev–Trinajstić information content (AvgIpc) is 2.78. The number of carbonyl (C=O) groups excluding carboxylic acids is 2. The van der Waals surface area contributed by atoms with E-state index in [9.17, 15) is 14.0 Å². The first-order chi connectivity index (χ1) is 15.0. The summed E-state index contributed by atoms with van der Waals surface area (Å²) >= 11 is -1.18. The van der Waals surface area contributed by atoms with Crippen molar-refractivity contribution in [2.75, 3.05) is 23.4 Å². The van der Waals surface area contributed by atoms with Crippen LogP contribution in [0.5, 0.6) is 0 Å². The SMILES string of the molecule is CC(=O)C(=N[I-]Nc1ccc(C2CCOCC2)cc1F)C(=O)COCc1ccccc1. The first kappa shape index (κ1) is 23.5. The van der Waals surface area contributed by atoms with Gasteiger partial charge < -0.3 is 0 Å². The number of Topliss-reactive ketones (excluding diaryl/α,β-unsaturated/α-hetero) is 2. The zero-order chi connectivity index (χ0) is 22.1. The average molecular weight is 539 g/mol. The minimum atomic E-state index is -1.18. The number of benzene rings is 2. The van der Waals surface area contributed by atoms with Crippen molar-refractivity contribution in [3.8, 4) is 0 Å². The number of rotatable bonds is 10. The van der Waals surface area contributed by atoms with Crippen molar-refractivity contribution in [3.63, 3.8) is 0 Å². The maximum atomic E-state index is 14.5. The Morgan fingerprint density at radius 2 is 1.94 bits per heavy atom. The van der Waals surface area contributed by atoms with E-state index < -0.39 is 33.3 Å². The molecule has 0 amide bonds. The molecule has 1 saturated heterocycles. The van der Waals surface area contributed by atoms with E-state index in [1.54, 1.807) is 12.1 Å². The molecule has 0 bridgehead atoms. The van der Waals surface area contributed by atoms with Gasteiger partial charge in [0.25, 0.3) is 0 Å². The van der Waals surface area contributed by atoms with Gasteiger partial charge in [-0.05, 0) is 0 Å². The van der Waals surface area contributed by atoms with Crippen LogP contribution in [0.15, 0.2) is 51.7 Å². The molecule has 0 unspecified atom stereocenters. The van der Waals surface area contributed by atoms with Crippen LogP contribution in [0, 0.1) is 5.82 Å². The molecule has 1 N–H and O–H groups in total. The molecule has 0 atom stereocenters. The van der Waals surface area contributed by atoms with Gasteiger partial charge in [-0.2, -0.15) is 0 Å². The van der Waals surface area contributed by atoms with Crippen molar-refractivity contribution < 1.29 is 45.2 Å². The number of anilines is 1. The van der Waals surface area contributed by atoms with Gasteiger partial charge in [-0.15, -0.1) is 0 Å². The fourth-order valence-electron chi connectivity index (χ4n) is 3.21. The van der Waals surface area contributed by atoms with Crippen molar-refractivity contribution in [2.24, 2.45) is 3.21 Å². The summed E-state index contributed by atoms with van der Waals surface area (Å²) in [6.07, 6.45) is 1.78. The van der Waals surface area contributed by atoms with Crippen LogP contribution in [-0.4, -0.2) is 37.1 Å². The van der Waals surface area contributed by atoms with Crippen molar-refractivity contribution >= 4 is 23.0 Å². The Balaban J connectivity index is 1.54. The second-order valence-corrected chi connectivity index (χ2v) is 8.70. The molecule has 2 aromatic carbocycles. The van der Waals surface area contributed by atoms with E-state index in [1.165, 1.54) is 6.92 Å². The number of hydrogen-bond acceptors (Lipinski definition) is 6. The topological polar surface area (TPSA) is 77.0 Å². The van der Waals surface area contributed by atoms with Crippen LogP contribution in [0.2, 0.25) is 0 Å². The Labute approximate surface area is 192 Å². The predicted molar refractivity (Wildman–Crippen MR) is 112 cm³/mol. The molecule has 6 nitrogen and oxygen atoms in total. The zero-order valence-corrected chi connectivity index (χ0v) is 19.4. The molecule has 1 aliphatic rings. The van der Waals surface area contributed by atoms with E-state index >= 15 is 0 Å². The van der Waals surface area contributed by atoms with E-state index in [-0.39, 0.29) is 24.7 Å². The Bertz CT molecular complexity index is 930. The summed E-state index contributed by atoms with van der Waals surface area (Å²) in [5, 5.41) is 0. The Morgan fingerprint density at radius 1 is 1.19 bits per heavy atom. The fraction of sp³-hybridized carbons (Fsp3) is 0.348. The van der Waals surface area contributed by atoms with Crippen LogP contribution < -0.4 is 25.3 Å². The molecule has 0 spiro atoms. The Hall–Kier alpha value is -2.17. The van der Waals surface area contributed by atoms with Crippen molar-refractivity contribution in [1.29, 1.82) is 0 Å². The second kappa shape index (κ2) is 12.0. The molecule has 1 fully saturated rings. The Kier molecular flexibility index (Phi) is 9.11. The monoisotopic (exact) mass is 539 g/mol. The van der Waals surface area contributed by atoms with Crippen molar-refractivity contribution in [3.05, 3.63) is 65.5 Å². The molecule has 0 aliphatic carbocycles. The molecule has 166 valence electrons. The van der Waals surface area contributed by atoms with Gasteiger partial charge in [0.15, 0.2) is 0 Å². The molecule has 0 saturated carbocycles. The molecule has 8 heteroatoms. The fourth-order valence-corrected chi connectivity index (χ4v) is 4.88. The van der Waals surface area contributed by atoms with Gasteiger partial charge in [-0.25, -0.2) is 0 Å². The third-order valence-electron chi connectivity index (χ3n) is 4.90. The van der Waals surface area contributed by atoms with E-state index in [0.717, 1.165) is 24.0 Å². The molecule has 2 aromatic rings. The quantitative estimate of drug-likeness (QED) is 0.210. The molecular weight excluding hydrogens is 514 g/mol. The van der Waals surface area contributed by atoms with Crippen LogP contribution in [0.4, 0.5) is 10.1 Å². The standard InChI is InChI=1S/C23H25FIN2O4/c1-16(28)23(22(29)15-31-14-17-5-3-2-4-6-17)27-25-26-21-8-7-19(13-20(21)24)18-9-11-30-12-10-18/h2-8,13,18,26H,9-12,14-15H2,1H3/q-1. The van der Waals surface area contributed by atoms with Crippen LogP contribution in [0.3, 0.4) is 0 Å². The summed E-state index contributed by atoms with van der Waals surface area (Å²) in [5.41, 5.74) is 2.07. The summed E-state index contributed by atoms with van der Waals surface area (Å²) in [5.74, 6) is -0.950.